The molecule has 0 amide bonds. The molecular weight excluding hydrogens is 388 g/mol. The summed E-state index contributed by atoms with van der Waals surface area (Å²) in [7, 11) is 0. The monoisotopic (exact) mass is 426 g/mol. The maximum Gasteiger partial charge on any atom is 0.119 e. The van der Waals surface area contributed by atoms with Crippen LogP contribution in [0.3, 0.4) is 0 Å². The molecule has 0 spiro atoms. The molecule has 0 aliphatic carbocycles. The second kappa shape index (κ2) is 13.6. The predicted molar refractivity (Wildman–Crippen MR) is 138 cm³/mol. The first-order chi connectivity index (χ1) is 15.8. The summed E-state index contributed by atoms with van der Waals surface area (Å²) in [6.45, 7) is 5.29. The Hall–Kier alpha value is -2.72. The summed E-state index contributed by atoms with van der Waals surface area (Å²) in [6, 6.07) is 21.5. The quantitative estimate of drug-likeness (QED) is 0.208. The Bertz CT molecular complexity index is 1000. The molecule has 168 valence electrons. The Morgan fingerprint density at radius 3 is 2.00 bits per heavy atom. The van der Waals surface area contributed by atoms with E-state index in [0.717, 1.165) is 29.9 Å². The highest BCUT2D eigenvalue weighted by atomic mass is 16.5. The Morgan fingerprint density at radius 1 is 0.594 bits per heavy atom. The summed E-state index contributed by atoms with van der Waals surface area (Å²) in [5.74, 6) is 7.60. The molecule has 0 bridgehead atoms. The van der Waals surface area contributed by atoms with E-state index in [1.54, 1.807) is 0 Å². The molecule has 3 rings (SSSR count). The number of benzene rings is 3. The van der Waals surface area contributed by atoms with E-state index in [1.165, 1.54) is 74.1 Å². The number of rotatable bonds is 12. The highest BCUT2D eigenvalue weighted by Gasteiger charge is 2.00. The number of aryl methyl sites for hydroxylation is 1. The molecule has 3 aromatic rings. The van der Waals surface area contributed by atoms with Crippen molar-refractivity contribution in [1.29, 1.82) is 0 Å². The van der Waals surface area contributed by atoms with Crippen LogP contribution in [0.25, 0.3) is 10.8 Å². The molecule has 1 heteroatoms. The van der Waals surface area contributed by atoms with Gasteiger partial charge in [0.1, 0.15) is 5.75 Å². The Morgan fingerprint density at radius 2 is 1.22 bits per heavy atom. The molecule has 0 aliphatic rings. The molecule has 0 aromatic heterocycles. The van der Waals surface area contributed by atoms with Gasteiger partial charge in [0.15, 0.2) is 0 Å². The van der Waals surface area contributed by atoms with Crippen molar-refractivity contribution in [1.82, 2.24) is 0 Å². The third-order valence-electron chi connectivity index (χ3n) is 5.95. The van der Waals surface area contributed by atoms with Gasteiger partial charge in [-0.25, -0.2) is 0 Å². The first-order valence-electron chi connectivity index (χ1n) is 12.6. The van der Waals surface area contributed by atoms with Crippen LogP contribution in [0.1, 0.15) is 88.3 Å². The van der Waals surface area contributed by atoms with E-state index in [-0.39, 0.29) is 0 Å². The van der Waals surface area contributed by atoms with Crippen LogP contribution in [-0.2, 0) is 6.42 Å². The van der Waals surface area contributed by atoms with Gasteiger partial charge in [-0.3, -0.25) is 0 Å². The SMILES string of the molecule is CCCCCCCc1ccc(C#Cc2ccc3cc(OCCCCCC)ccc3c2)cc1. The number of fused-ring (bicyclic) bond motifs is 1. The minimum Gasteiger partial charge on any atom is -0.494 e. The van der Waals surface area contributed by atoms with Crippen molar-refractivity contribution in [3.05, 3.63) is 77.4 Å². The number of hydrogen-bond acceptors (Lipinski definition) is 1. The fourth-order valence-corrected chi connectivity index (χ4v) is 3.94. The van der Waals surface area contributed by atoms with Crippen LogP contribution in [0.5, 0.6) is 5.75 Å². The molecule has 0 radical (unpaired) electrons. The van der Waals surface area contributed by atoms with E-state index >= 15 is 0 Å². The first-order valence-corrected chi connectivity index (χ1v) is 12.6. The van der Waals surface area contributed by atoms with Crippen LogP contribution in [0.4, 0.5) is 0 Å². The van der Waals surface area contributed by atoms with Crippen LogP contribution in [0.15, 0.2) is 60.7 Å². The van der Waals surface area contributed by atoms with Gasteiger partial charge in [0.05, 0.1) is 6.61 Å². The van der Waals surface area contributed by atoms with Gasteiger partial charge in [-0.2, -0.15) is 0 Å². The van der Waals surface area contributed by atoms with Crippen molar-refractivity contribution in [2.24, 2.45) is 0 Å². The largest absolute Gasteiger partial charge is 0.494 e. The summed E-state index contributed by atoms with van der Waals surface area (Å²) in [6.07, 6.45) is 12.7. The van der Waals surface area contributed by atoms with E-state index in [4.69, 9.17) is 4.74 Å². The van der Waals surface area contributed by atoms with E-state index in [1.807, 2.05) is 0 Å². The highest BCUT2D eigenvalue weighted by Crippen LogP contribution is 2.22. The highest BCUT2D eigenvalue weighted by molar-refractivity contribution is 5.85. The number of hydrogen-bond donors (Lipinski definition) is 0. The second-order valence-corrected chi connectivity index (χ2v) is 8.74. The maximum atomic E-state index is 5.92. The standard InChI is InChI=1S/C31H38O/c1-3-5-7-9-10-12-26-13-15-27(16-14-26)17-18-28-19-20-30-25-31(22-21-29(30)24-28)32-23-11-8-6-4-2/h13-16,19-22,24-25H,3-12,23H2,1-2H3. The van der Waals surface area contributed by atoms with Crippen molar-refractivity contribution >= 4 is 10.8 Å². The molecule has 0 saturated heterocycles. The maximum absolute atomic E-state index is 5.92. The van der Waals surface area contributed by atoms with Crippen LogP contribution in [0.2, 0.25) is 0 Å². The fraction of sp³-hybridized carbons (Fsp3) is 0.419. The van der Waals surface area contributed by atoms with Crippen molar-refractivity contribution < 1.29 is 4.74 Å². The van der Waals surface area contributed by atoms with E-state index in [9.17, 15) is 0 Å². The van der Waals surface area contributed by atoms with Crippen LogP contribution < -0.4 is 4.74 Å². The second-order valence-electron chi connectivity index (χ2n) is 8.74. The van der Waals surface area contributed by atoms with Gasteiger partial charge in [0, 0.05) is 11.1 Å². The summed E-state index contributed by atoms with van der Waals surface area (Å²) in [4.78, 5) is 0. The van der Waals surface area contributed by atoms with Crippen molar-refractivity contribution in [3.8, 4) is 17.6 Å². The molecule has 0 aliphatic heterocycles. The normalized spacial score (nSPS) is 10.7. The molecule has 32 heavy (non-hydrogen) atoms. The van der Waals surface area contributed by atoms with E-state index in [0.29, 0.717) is 0 Å². The zero-order chi connectivity index (χ0) is 22.4. The summed E-state index contributed by atoms with van der Waals surface area (Å²) in [5.41, 5.74) is 3.54. The molecule has 0 heterocycles. The third-order valence-corrected chi connectivity index (χ3v) is 5.95. The molecular formula is C31H38O. The van der Waals surface area contributed by atoms with Gasteiger partial charge >= 0.3 is 0 Å². The Labute approximate surface area is 195 Å². The smallest absolute Gasteiger partial charge is 0.119 e. The third kappa shape index (κ3) is 8.08. The molecule has 0 fully saturated rings. The topological polar surface area (TPSA) is 9.23 Å². The van der Waals surface area contributed by atoms with Gasteiger partial charge in [-0.05, 0) is 72.0 Å². The lowest BCUT2D eigenvalue weighted by Gasteiger charge is -2.07. The fourth-order valence-electron chi connectivity index (χ4n) is 3.94. The number of ether oxygens (including phenoxy) is 1. The van der Waals surface area contributed by atoms with Crippen LogP contribution in [0, 0.1) is 11.8 Å². The van der Waals surface area contributed by atoms with Crippen molar-refractivity contribution in [2.45, 2.75) is 78.1 Å². The van der Waals surface area contributed by atoms with Gasteiger partial charge in [0.2, 0.25) is 0 Å². The minimum absolute atomic E-state index is 0.798. The van der Waals surface area contributed by atoms with Crippen LogP contribution >= 0.6 is 0 Å². The summed E-state index contributed by atoms with van der Waals surface area (Å²) in [5, 5.41) is 2.40. The van der Waals surface area contributed by atoms with Gasteiger partial charge in [-0.15, -0.1) is 0 Å². The van der Waals surface area contributed by atoms with E-state index in [2.05, 4.69) is 86.4 Å². The zero-order valence-electron chi connectivity index (χ0n) is 20.0. The van der Waals surface area contributed by atoms with E-state index < -0.39 is 0 Å². The number of unbranched alkanes of at least 4 members (excludes halogenated alkanes) is 7. The first kappa shape index (κ1) is 23.9. The average molecular weight is 427 g/mol. The summed E-state index contributed by atoms with van der Waals surface area (Å²) < 4.78 is 5.92. The van der Waals surface area contributed by atoms with Gasteiger partial charge < -0.3 is 4.74 Å². The molecule has 0 saturated carbocycles. The van der Waals surface area contributed by atoms with Gasteiger partial charge in [-0.1, -0.05) is 94.9 Å². The lowest BCUT2D eigenvalue weighted by molar-refractivity contribution is 0.305. The van der Waals surface area contributed by atoms with Crippen molar-refractivity contribution in [3.63, 3.8) is 0 Å². The lowest BCUT2D eigenvalue weighted by Crippen LogP contribution is -1.97. The predicted octanol–water partition coefficient (Wildman–Crippen LogP) is 8.71. The van der Waals surface area contributed by atoms with Crippen molar-refractivity contribution in [2.75, 3.05) is 6.61 Å². The Balaban J connectivity index is 1.54. The summed E-state index contributed by atoms with van der Waals surface area (Å²) >= 11 is 0. The average Bonchev–Trinajstić information content (AvgIpc) is 2.83. The Kier molecular flexibility index (Phi) is 10.2. The molecule has 3 aromatic carbocycles. The minimum atomic E-state index is 0.798. The molecule has 0 N–H and O–H groups in total. The molecule has 1 nitrogen and oxygen atoms in total. The zero-order valence-corrected chi connectivity index (χ0v) is 20.0. The van der Waals surface area contributed by atoms with Crippen LogP contribution in [-0.4, -0.2) is 6.61 Å². The lowest BCUT2D eigenvalue weighted by atomic mass is 10.0. The van der Waals surface area contributed by atoms with Gasteiger partial charge in [0.25, 0.3) is 0 Å². The molecule has 0 unspecified atom stereocenters. The molecule has 0 atom stereocenters.